The van der Waals surface area contributed by atoms with Crippen LogP contribution in [0.25, 0.3) is 22.4 Å². The van der Waals surface area contributed by atoms with Crippen molar-refractivity contribution in [2.75, 3.05) is 0 Å². The smallest absolute Gasteiger partial charge is 0.138 e. The van der Waals surface area contributed by atoms with Crippen LogP contribution >= 0.6 is 0 Å². The number of nitrogens with two attached hydrogens (primary N) is 1. The van der Waals surface area contributed by atoms with E-state index in [-0.39, 0.29) is 0 Å². The first kappa shape index (κ1) is 11.9. The molecule has 0 bridgehead atoms. The van der Waals surface area contributed by atoms with E-state index in [0.717, 1.165) is 28.0 Å². The summed E-state index contributed by atoms with van der Waals surface area (Å²) in [4.78, 5) is 8.02. The molecule has 0 spiro atoms. The van der Waals surface area contributed by atoms with Crippen LogP contribution in [0.1, 0.15) is 16.7 Å². The summed E-state index contributed by atoms with van der Waals surface area (Å²) in [7, 11) is 0. The van der Waals surface area contributed by atoms with Crippen molar-refractivity contribution in [1.29, 1.82) is 0 Å². The highest BCUT2D eigenvalue weighted by Gasteiger charge is 2.06. The first-order chi connectivity index (χ1) is 9.15. The Morgan fingerprint density at radius 3 is 2.47 bits per heavy atom. The number of nitrogens with zero attached hydrogens (tertiary/aromatic N) is 1. The molecular formula is C16H17N3. The van der Waals surface area contributed by atoms with Crippen LogP contribution in [0, 0.1) is 13.8 Å². The predicted octanol–water partition coefficient (Wildman–Crippen LogP) is 3.31. The molecular weight excluding hydrogens is 234 g/mol. The zero-order valence-electron chi connectivity index (χ0n) is 11.2. The third kappa shape index (κ3) is 2.25. The van der Waals surface area contributed by atoms with Crippen molar-refractivity contribution in [1.82, 2.24) is 9.97 Å². The zero-order chi connectivity index (χ0) is 13.4. The van der Waals surface area contributed by atoms with E-state index in [4.69, 9.17) is 5.73 Å². The monoisotopic (exact) mass is 251 g/mol. The molecule has 0 atom stereocenters. The number of rotatable bonds is 2. The third-order valence-corrected chi connectivity index (χ3v) is 3.28. The van der Waals surface area contributed by atoms with Crippen molar-refractivity contribution in [3.8, 4) is 11.4 Å². The van der Waals surface area contributed by atoms with Crippen LogP contribution in [-0.2, 0) is 6.54 Å². The lowest BCUT2D eigenvalue weighted by Gasteiger charge is -2.01. The minimum Gasteiger partial charge on any atom is -0.338 e. The maximum Gasteiger partial charge on any atom is 0.138 e. The van der Waals surface area contributed by atoms with E-state index in [2.05, 4.69) is 48.1 Å². The highest BCUT2D eigenvalue weighted by atomic mass is 14.9. The molecule has 0 unspecified atom stereocenters. The first-order valence-corrected chi connectivity index (χ1v) is 6.43. The Balaban J connectivity index is 2.14. The van der Waals surface area contributed by atoms with Gasteiger partial charge in [-0.25, -0.2) is 4.98 Å². The molecule has 0 fully saturated rings. The fraction of sp³-hybridized carbons (Fsp3) is 0.188. The van der Waals surface area contributed by atoms with E-state index >= 15 is 0 Å². The molecule has 0 saturated heterocycles. The number of aromatic amines is 1. The molecule has 3 aromatic rings. The van der Waals surface area contributed by atoms with Crippen LogP contribution in [0.15, 0.2) is 36.4 Å². The van der Waals surface area contributed by atoms with Gasteiger partial charge >= 0.3 is 0 Å². The van der Waals surface area contributed by atoms with E-state index < -0.39 is 0 Å². The largest absolute Gasteiger partial charge is 0.338 e. The van der Waals surface area contributed by atoms with Crippen molar-refractivity contribution in [3.63, 3.8) is 0 Å². The van der Waals surface area contributed by atoms with E-state index in [9.17, 15) is 0 Å². The summed E-state index contributed by atoms with van der Waals surface area (Å²) in [5.74, 6) is 0.913. The Kier molecular flexibility index (Phi) is 2.84. The van der Waals surface area contributed by atoms with Gasteiger partial charge in [-0.2, -0.15) is 0 Å². The molecule has 3 rings (SSSR count). The number of nitrogens with one attached hydrogen (secondary N) is 1. The maximum atomic E-state index is 5.66. The lowest BCUT2D eigenvalue weighted by atomic mass is 10.1. The summed E-state index contributed by atoms with van der Waals surface area (Å²) in [5.41, 5.74) is 12.4. The van der Waals surface area contributed by atoms with Crippen molar-refractivity contribution in [2.45, 2.75) is 20.4 Å². The van der Waals surface area contributed by atoms with Crippen molar-refractivity contribution < 1.29 is 0 Å². The van der Waals surface area contributed by atoms with Crippen LogP contribution in [-0.4, -0.2) is 9.97 Å². The number of aromatic nitrogens is 2. The maximum absolute atomic E-state index is 5.66. The molecule has 0 aliphatic rings. The number of hydrogen-bond acceptors (Lipinski definition) is 2. The topological polar surface area (TPSA) is 54.7 Å². The molecule has 0 aliphatic carbocycles. The highest BCUT2D eigenvalue weighted by molar-refractivity contribution is 5.80. The lowest BCUT2D eigenvalue weighted by Crippen LogP contribution is -1.95. The minimum atomic E-state index is 0.549. The van der Waals surface area contributed by atoms with E-state index in [1.807, 2.05) is 12.1 Å². The lowest BCUT2D eigenvalue weighted by molar-refractivity contribution is 1.07. The van der Waals surface area contributed by atoms with Crippen molar-refractivity contribution in [3.05, 3.63) is 53.1 Å². The van der Waals surface area contributed by atoms with Gasteiger partial charge in [-0.3, -0.25) is 0 Å². The normalized spacial score (nSPS) is 11.1. The van der Waals surface area contributed by atoms with E-state index in [1.165, 1.54) is 11.1 Å². The highest BCUT2D eigenvalue weighted by Crippen LogP contribution is 2.23. The summed E-state index contributed by atoms with van der Waals surface area (Å²) in [6, 6.07) is 12.6. The summed E-state index contributed by atoms with van der Waals surface area (Å²) in [5, 5.41) is 0. The number of aryl methyl sites for hydroxylation is 2. The fourth-order valence-electron chi connectivity index (χ4n) is 2.43. The molecule has 19 heavy (non-hydrogen) atoms. The van der Waals surface area contributed by atoms with Crippen LogP contribution in [0.3, 0.4) is 0 Å². The van der Waals surface area contributed by atoms with Gasteiger partial charge in [0.15, 0.2) is 0 Å². The molecule has 3 nitrogen and oxygen atoms in total. The molecule has 0 saturated carbocycles. The second kappa shape index (κ2) is 4.52. The van der Waals surface area contributed by atoms with Gasteiger partial charge < -0.3 is 10.7 Å². The molecule has 96 valence electrons. The second-order valence-corrected chi connectivity index (χ2v) is 5.02. The number of benzene rings is 2. The molecule has 0 amide bonds. The molecule has 1 aromatic heterocycles. The minimum absolute atomic E-state index is 0.549. The summed E-state index contributed by atoms with van der Waals surface area (Å²) < 4.78 is 0. The summed E-state index contributed by atoms with van der Waals surface area (Å²) in [6.45, 7) is 4.76. The predicted molar refractivity (Wildman–Crippen MR) is 78.9 cm³/mol. The van der Waals surface area contributed by atoms with Crippen LogP contribution in [0.2, 0.25) is 0 Å². The first-order valence-electron chi connectivity index (χ1n) is 6.43. The molecule has 2 aromatic carbocycles. The molecule has 0 aliphatic heterocycles. The Hall–Kier alpha value is -2.13. The van der Waals surface area contributed by atoms with Gasteiger partial charge in [-0.15, -0.1) is 0 Å². The number of imidazole rings is 1. The van der Waals surface area contributed by atoms with Gasteiger partial charge in [0, 0.05) is 12.1 Å². The number of H-pyrrole nitrogens is 1. The van der Waals surface area contributed by atoms with Gasteiger partial charge in [-0.1, -0.05) is 23.3 Å². The van der Waals surface area contributed by atoms with Crippen molar-refractivity contribution >= 4 is 11.0 Å². The average molecular weight is 251 g/mol. The Morgan fingerprint density at radius 1 is 1.05 bits per heavy atom. The SMILES string of the molecule is Cc1cc(C)cc(-c2nc3ccc(CN)cc3[nH]2)c1. The Bertz CT molecular complexity index is 721. The van der Waals surface area contributed by atoms with Crippen LogP contribution < -0.4 is 5.73 Å². The number of fused-ring (bicyclic) bond motifs is 1. The van der Waals surface area contributed by atoms with Crippen LogP contribution in [0.4, 0.5) is 0 Å². The quantitative estimate of drug-likeness (QED) is 0.734. The molecule has 1 heterocycles. The fourth-order valence-corrected chi connectivity index (χ4v) is 2.43. The average Bonchev–Trinajstić information content (AvgIpc) is 2.80. The standard InChI is InChI=1S/C16H17N3/c1-10-5-11(2)7-13(6-10)16-18-14-4-3-12(9-17)8-15(14)19-16/h3-8H,9,17H2,1-2H3,(H,18,19). The molecule has 0 radical (unpaired) electrons. The van der Waals surface area contributed by atoms with Crippen LogP contribution in [0.5, 0.6) is 0 Å². The second-order valence-electron chi connectivity index (χ2n) is 5.02. The summed E-state index contributed by atoms with van der Waals surface area (Å²) in [6.07, 6.45) is 0. The number of hydrogen-bond donors (Lipinski definition) is 2. The van der Waals surface area contributed by atoms with Gasteiger partial charge in [-0.05, 0) is 43.7 Å². The van der Waals surface area contributed by atoms with Gasteiger partial charge in [0.2, 0.25) is 0 Å². The molecule has 3 heteroatoms. The van der Waals surface area contributed by atoms with Gasteiger partial charge in [0.1, 0.15) is 5.82 Å². The zero-order valence-corrected chi connectivity index (χ0v) is 11.2. The summed E-state index contributed by atoms with van der Waals surface area (Å²) >= 11 is 0. The van der Waals surface area contributed by atoms with E-state index in [1.54, 1.807) is 0 Å². The third-order valence-electron chi connectivity index (χ3n) is 3.28. The van der Waals surface area contributed by atoms with Gasteiger partial charge in [0.05, 0.1) is 11.0 Å². The molecule has 3 N–H and O–H groups in total. The van der Waals surface area contributed by atoms with E-state index in [0.29, 0.717) is 6.54 Å². The van der Waals surface area contributed by atoms with Gasteiger partial charge in [0.25, 0.3) is 0 Å². The Morgan fingerprint density at radius 2 is 1.79 bits per heavy atom. The van der Waals surface area contributed by atoms with Crippen molar-refractivity contribution in [2.24, 2.45) is 5.73 Å². The Labute approximate surface area is 112 Å².